The molecule has 1 aromatic heterocycles. The van der Waals surface area contributed by atoms with E-state index in [9.17, 15) is 5.11 Å². The van der Waals surface area contributed by atoms with Crippen LogP contribution < -0.4 is 0 Å². The lowest BCUT2D eigenvalue weighted by Gasteiger charge is -2.08. The maximum Gasteiger partial charge on any atom is 0.123 e. The molecule has 0 amide bonds. The average Bonchev–Trinajstić information content (AvgIpc) is 2.47. The van der Waals surface area contributed by atoms with Crippen LogP contribution in [0.3, 0.4) is 0 Å². The Morgan fingerprint density at radius 2 is 1.85 bits per heavy atom. The van der Waals surface area contributed by atoms with Crippen LogP contribution in [-0.2, 0) is 5.75 Å². The van der Waals surface area contributed by atoms with Crippen LogP contribution in [0.15, 0.2) is 59.8 Å². The van der Waals surface area contributed by atoms with E-state index in [1.165, 1.54) is 16.0 Å². The number of phenolic OH excluding ortho intramolecular Hbond substituents is 1. The van der Waals surface area contributed by atoms with Crippen LogP contribution in [0.25, 0.3) is 10.8 Å². The molecule has 0 atom stereocenters. The minimum absolute atomic E-state index is 0.335. The van der Waals surface area contributed by atoms with E-state index in [1.807, 2.05) is 42.7 Å². The maximum absolute atomic E-state index is 9.90. The number of aromatic nitrogens is 1. The Morgan fingerprint density at radius 1 is 1.05 bits per heavy atom. The number of thioether (sulfide) groups is 1. The molecule has 2 aromatic carbocycles. The first-order valence-corrected chi connectivity index (χ1v) is 7.46. The Morgan fingerprint density at radius 3 is 2.65 bits per heavy atom. The number of pyridine rings is 1. The smallest absolute Gasteiger partial charge is 0.123 e. The summed E-state index contributed by atoms with van der Waals surface area (Å²) in [5, 5.41) is 11.9. The standard InChI is InChI=1S/C17H15NOS/c1-12-8-13(10-18-9-12)11-20-17-7-6-16(19)14-4-2-3-5-15(14)17/h2-10,19H,11H2,1H3. The summed E-state index contributed by atoms with van der Waals surface area (Å²) in [7, 11) is 0. The fraction of sp³-hybridized carbons (Fsp3) is 0.118. The number of benzene rings is 2. The van der Waals surface area contributed by atoms with Crippen molar-refractivity contribution in [3.8, 4) is 5.75 Å². The van der Waals surface area contributed by atoms with Gasteiger partial charge in [-0.25, -0.2) is 0 Å². The van der Waals surface area contributed by atoms with Crippen molar-refractivity contribution in [1.29, 1.82) is 0 Å². The molecule has 0 aliphatic carbocycles. The molecule has 3 aromatic rings. The third kappa shape index (κ3) is 2.63. The van der Waals surface area contributed by atoms with Crippen LogP contribution in [0.2, 0.25) is 0 Å². The molecule has 20 heavy (non-hydrogen) atoms. The van der Waals surface area contributed by atoms with E-state index < -0.39 is 0 Å². The van der Waals surface area contributed by atoms with Crippen LogP contribution >= 0.6 is 11.8 Å². The molecule has 0 spiro atoms. The fourth-order valence-electron chi connectivity index (χ4n) is 2.24. The molecule has 2 nitrogen and oxygen atoms in total. The van der Waals surface area contributed by atoms with Crippen LogP contribution in [0.4, 0.5) is 0 Å². The minimum atomic E-state index is 0.335. The predicted octanol–water partition coefficient (Wildman–Crippen LogP) is 4.54. The number of nitrogens with zero attached hydrogens (tertiary/aromatic N) is 1. The molecule has 0 aliphatic heterocycles. The molecule has 1 heterocycles. The highest BCUT2D eigenvalue weighted by molar-refractivity contribution is 7.98. The number of rotatable bonds is 3. The molecule has 3 rings (SSSR count). The van der Waals surface area contributed by atoms with Crippen molar-refractivity contribution in [2.45, 2.75) is 17.6 Å². The van der Waals surface area contributed by atoms with Crippen LogP contribution in [-0.4, -0.2) is 10.1 Å². The third-order valence-corrected chi connectivity index (χ3v) is 4.33. The molecule has 100 valence electrons. The second-order valence-electron chi connectivity index (χ2n) is 4.79. The van der Waals surface area contributed by atoms with Crippen LogP contribution in [0.5, 0.6) is 5.75 Å². The van der Waals surface area contributed by atoms with Gasteiger partial charge < -0.3 is 5.11 Å². The van der Waals surface area contributed by atoms with E-state index >= 15 is 0 Å². The number of aromatic hydroxyl groups is 1. The summed E-state index contributed by atoms with van der Waals surface area (Å²) >= 11 is 1.77. The molecule has 0 fully saturated rings. The van der Waals surface area contributed by atoms with E-state index in [2.05, 4.69) is 18.0 Å². The van der Waals surface area contributed by atoms with Crippen molar-refractivity contribution in [2.24, 2.45) is 0 Å². The van der Waals surface area contributed by atoms with Gasteiger partial charge in [-0.1, -0.05) is 30.3 Å². The largest absolute Gasteiger partial charge is 0.507 e. The van der Waals surface area contributed by atoms with Gasteiger partial charge in [0.25, 0.3) is 0 Å². The number of aryl methyl sites for hydroxylation is 1. The molecular weight excluding hydrogens is 266 g/mol. The normalized spacial score (nSPS) is 10.8. The van der Waals surface area contributed by atoms with Gasteiger partial charge in [0, 0.05) is 28.4 Å². The van der Waals surface area contributed by atoms with Crippen molar-refractivity contribution in [2.75, 3.05) is 0 Å². The molecule has 0 saturated heterocycles. The Bertz CT molecular complexity index is 755. The minimum Gasteiger partial charge on any atom is -0.507 e. The third-order valence-electron chi connectivity index (χ3n) is 3.19. The van der Waals surface area contributed by atoms with Crippen molar-refractivity contribution in [3.63, 3.8) is 0 Å². The molecule has 0 bridgehead atoms. The summed E-state index contributed by atoms with van der Waals surface area (Å²) in [6, 6.07) is 13.8. The van der Waals surface area contributed by atoms with Gasteiger partial charge in [0.05, 0.1) is 0 Å². The van der Waals surface area contributed by atoms with E-state index in [0.717, 1.165) is 16.5 Å². The highest BCUT2D eigenvalue weighted by atomic mass is 32.2. The summed E-state index contributed by atoms with van der Waals surface area (Å²) in [4.78, 5) is 5.40. The Hall–Kier alpha value is -2.00. The number of hydrogen-bond donors (Lipinski definition) is 1. The summed E-state index contributed by atoms with van der Waals surface area (Å²) in [6.07, 6.45) is 3.77. The molecule has 0 unspecified atom stereocenters. The second-order valence-corrected chi connectivity index (χ2v) is 5.80. The lowest BCUT2D eigenvalue weighted by Crippen LogP contribution is -1.85. The molecule has 0 radical (unpaired) electrons. The van der Waals surface area contributed by atoms with Crippen molar-refractivity contribution >= 4 is 22.5 Å². The first kappa shape index (κ1) is 13.0. The van der Waals surface area contributed by atoms with Gasteiger partial charge >= 0.3 is 0 Å². The van der Waals surface area contributed by atoms with Gasteiger partial charge in [0.2, 0.25) is 0 Å². The number of fused-ring (bicyclic) bond motifs is 1. The highest BCUT2D eigenvalue weighted by Crippen LogP contribution is 2.34. The van der Waals surface area contributed by atoms with E-state index in [0.29, 0.717) is 5.75 Å². The predicted molar refractivity (Wildman–Crippen MR) is 84.1 cm³/mol. The Balaban J connectivity index is 1.90. The van der Waals surface area contributed by atoms with Gasteiger partial charge in [-0.2, -0.15) is 0 Å². The quantitative estimate of drug-likeness (QED) is 0.715. The Kier molecular flexibility index (Phi) is 3.61. The van der Waals surface area contributed by atoms with Crippen LogP contribution in [0.1, 0.15) is 11.1 Å². The monoisotopic (exact) mass is 281 g/mol. The summed E-state index contributed by atoms with van der Waals surface area (Å²) in [5.41, 5.74) is 2.39. The molecular formula is C17H15NOS. The summed E-state index contributed by atoms with van der Waals surface area (Å²) in [5.74, 6) is 1.21. The highest BCUT2D eigenvalue weighted by Gasteiger charge is 2.05. The Labute approximate surface area is 122 Å². The first-order chi connectivity index (χ1) is 9.74. The maximum atomic E-state index is 9.90. The van der Waals surface area contributed by atoms with Gasteiger partial charge in [-0.05, 0) is 35.6 Å². The average molecular weight is 281 g/mol. The second kappa shape index (κ2) is 5.55. The molecule has 3 heteroatoms. The van der Waals surface area contributed by atoms with E-state index in [-0.39, 0.29) is 0 Å². The lowest BCUT2D eigenvalue weighted by atomic mass is 10.1. The summed E-state index contributed by atoms with van der Waals surface area (Å²) in [6.45, 7) is 2.05. The molecule has 0 aliphatic rings. The van der Waals surface area contributed by atoms with Crippen LogP contribution in [0, 0.1) is 6.92 Å². The zero-order valence-electron chi connectivity index (χ0n) is 11.2. The molecule has 1 N–H and O–H groups in total. The van der Waals surface area contributed by atoms with Crippen molar-refractivity contribution in [1.82, 2.24) is 4.98 Å². The fourth-order valence-corrected chi connectivity index (χ4v) is 3.22. The van der Waals surface area contributed by atoms with Crippen molar-refractivity contribution < 1.29 is 5.11 Å². The number of hydrogen-bond acceptors (Lipinski definition) is 3. The van der Waals surface area contributed by atoms with Gasteiger partial charge in [-0.15, -0.1) is 11.8 Å². The van der Waals surface area contributed by atoms with Gasteiger partial charge in [0.1, 0.15) is 5.75 Å². The lowest BCUT2D eigenvalue weighted by molar-refractivity contribution is 0.481. The number of phenols is 1. The van der Waals surface area contributed by atoms with E-state index in [4.69, 9.17) is 0 Å². The SMILES string of the molecule is Cc1cncc(CSc2ccc(O)c3ccccc23)c1. The molecule has 0 saturated carbocycles. The van der Waals surface area contributed by atoms with Gasteiger partial charge in [-0.3, -0.25) is 4.98 Å². The summed E-state index contributed by atoms with van der Waals surface area (Å²) < 4.78 is 0. The van der Waals surface area contributed by atoms with Gasteiger partial charge in [0.15, 0.2) is 0 Å². The van der Waals surface area contributed by atoms with Crippen molar-refractivity contribution in [3.05, 3.63) is 66.0 Å². The zero-order chi connectivity index (χ0) is 13.9. The zero-order valence-corrected chi connectivity index (χ0v) is 12.0. The van der Waals surface area contributed by atoms with E-state index in [1.54, 1.807) is 17.8 Å². The first-order valence-electron chi connectivity index (χ1n) is 6.48. The topological polar surface area (TPSA) is 33.1 Å².